The number of amides is 1. The largest absolute Gasteiger partial charge is 0.454 e. The van der Waals surface area contributed by atoms with Crippen LogP contribution in [0.25, 0.3) is 5.82 Å². The summed E-state index contributed by atoms with van der Waals surface area (Å²) in [6.07, 6.45) is 1.49. The Hall–Kier alpha value is -3.62. The Labute approximate surface area is 161 Å². The zero-order chi connectivity index (χ0) is 19.5. The molecule has 0 bridgehead atoms. The van der Waals surface area contributed by atoms with Gasteiger partial charge in [-0.1, -0.05) is 0 Å². The Bertz CT molecular complexity index is 1020. The van der Waals surface area contributed by atoms with Crippen LogP contribution in [0.4, 0.5) is 5.82 Å². The van der Waals surface area contributed by atoms with E-state index in [-0.39, 0.29) is 12.7 Å². The number of hydrogen-bond donors (Lipinski definition) is 2. The smallest absolute Gasteiger partial charge is 0.251 e. The van der Waals surface area contributed by atoms with E-state index >= 15 is 0 Å². The van der Waals surface area contributed by atoms with Crippen molar-refractivity contribution in [1.29, 1.82) is 0 Å². The first-order chi connectivity index (χ1) is 13.6. The van der Waals surface area contributed by atoms with Gasteiger partial charge in [-0.3, -0.25) is 4.79 Å². The molecular weight excluding hydrogens is 360 g/mol. The molecule has 0 radical (unpaired) electrons. The van der Waals surface area contributed by atoms with Crippen molar-refractivity contribution in [2.45, 2.75) is 13.8 Å². The number of nitrogens with zero attached hydrogens (tertiary/aromatic N) is 4. The van der Waals surface area contributed by atoms with E-state index < -0.39 is 0 Å². The highest BCUT2D eigenvalue weighted by molar-refractivity contribution is 5.94. The fourth-order valence-corrected chi connectivity index (χ4v) is 2.93. The minimum Gasteiger partial charge on any atom is -0.454 e. The Morgan fingerprint density at radius 3 is 2.79 bits per heavy atom. The molecule has 0 spiro atoms. The van der Waals surface area contributed by atoms with Gasteiger partial charge >= 0.3 is 0 Å². The summed E-state index contributed by atoms with van der Waals surface area (Å²) in [6, 6.07) is 8.93. The van der Waals surface area contributed by atoms with E-state index in [4.69, 9.17) is 9.47 Å². The summed E-state index contributed by atoms with van der Waals surface area (Å²) in [7, 11) is 0. The summed E-state index contributed by atoms with van der Waals surface area (Å²) >= 11 is 0. The lowest BCUT2D eigenvalue weighted by atomic mass is 10.2. The van der Waals surface area contributed by atoms with Crippen LogP contribution in [0, 0.1) is 13.8 Å². The lowest BCUT2D eigenvalue weighted by Gasteiger charge is -2.09. The molecule has 3 aromatic rings. The third kappa shape index (κ3) is 3.73. The molecular formula is C19H20N6O3. The van der Waals surface area contributed by atoms with E-state index in [0.29, 0.717) is 41.8 Å². The maximum Gasteiger partial charge on any atom is 0.251 e. The van der Waals surface area contributed by atoms with Gasteiger partial charge in [-0.15, -0.1) is 0 Å². The first kappa shape index (κ1) is 17.8. The number of fused-ring (bicyclic) bond motifs is 1. The van der Waals surface area contributed by atoms with Crippen LogP contribution in [0.3, 0.4) is 0 Å². The average Bonchev–Trinajstić information content (AvgIpc) is 3.30. The van der Waals surface area contributed by atoms with Gasteiger partial charge in [0, 0.05) is 30.4 Å². The summed E-state index contributed by atoms with van der Waals surface area (Å²) < 4.78 is 12.3. The van der Waals surface area contributed by atoms with E-state index in [1.54, 1.807) is 22.9 Å². The van der Waals surface area contributed by atoms with Gasteiger partial charge in [0.15, 0.2) is 17.3 Å². The minimum atomic E-state index is -0.175. The molecule has 28 heavy (non-hydrogen) atoms. The van der Waals surface area contributed by atoms with Crippen molar-refractivity contribution in [1.82, 2.24) is 25.1 Å². The second-order valence-corrected chi connectivity index (χ2v) is 6.35. The lowest BCUT2D eigenvalue weighted by molar-refractivity contribution is 0.0954. The molecule has 0 aliphatic carbocycles. The third-order valence-corrected chi connectivity index (χ3v) is 4.23. The number of hydrogen-bond acceptors (Lipinski definition) is 7. The number of anilines is 1. The van der Waals surface area contributed by atoms with Gasteiger partial charge in [0.05, 0.1) is 5.69 Å². The van der Waals surface area contributed by atoms with E-state index in [9.17, 15) is 4.79 Å². The molecule has 3 heterocycles. The monoisotopic (exact) mass is 380 g/mol. The van der Waals surface area contributed by atoms with E-state index in [1.807, 2.05) is 26.0 Å². The van der Waals surface area contributed by atoms with Gasteiger partial charge in [-0.25, -0.2) is 14.6 Å². The van der Waals surface area contributed by atoms with E-state index in [2.05, 4.69) is 25.7 Å². The van der Waals surface area contributed by atoms with Crippen molar-refractivity contribution < 1.29 is 14.3 Å². The van der Waals surface area contributed by atoms with Crippen molar-refractivity contribution >= 4 is 11.7 Å². The quantitative estimate of drug-likeness (QED) is 0.629. The number of aromatic nitrogens is 4. The van der Waals surface area contributed by atoms with Gasteiger partial charge < -0.3 is 20.1 Å². The van der Waals surface area contributed by atoms with Crippen molar-refractivity contribution in [2.75, 3.05) is 25.2 Å². The maximum atomic E-state index is 12.3. The zero-order valence-corrected chi connectivity index (χ0v) is 15.6. The molecule has 0 saturated carbocycles. The Morgan fingerprint density at radius 2 is 1.96 bits per heavy atom. The van der Waals surface area contributed by atoms with Crippen LogP contribution in [0.15, 0.2) is 36.7 Å². The maximum absolute atomic E-state index is 12.3. The van der Waals surface area contributed by atoms with Gasteiger partial charge in [0.2, 0.25) is 6.79 Å². The standard InChI is InChI=1S/C19H20N6O3/c1-12-7-13(2)25(24-12)18-9-17(22-10-23-18)20-5-6-21-19(26)14-3-4-15-16(8-14)28-11-27-15/h3-4,7-10H,5-6,11H2,1-2H3,(H,21,26)(H,20,22,23). The molecule has 0 fully saturated rings. The Balaban J connectivity index is 1.31. The summed E-state index contributed by atoms with van der Waals surface area (Å²) in [5.74, 6) is 2.41. The van der Waals surface area contributed by atoms with Crippen LogP contribution in [-0.4, -0.2) is 45.5 Å². The fourth-order valence-electron chi connectivity index (χ4n) is 2.93. The number of carbonyl (C=O) groups excluding carboxylic acids is 1. The molecule has 0 saturated heterocycles. The number of ether oxygens (including phenoxy) is 2. The van der Waals surface area contributed by atoms with Crippen molar-refractivity contribution in [3.63, 3.8) is 0 Å². The van der Waals surface area contributed by atoms with Crippen LogP contribution in [-0.2, 0) is 0 Å². The fraction of sp³-hybridized carbons (Fsp3) is 0.263. The summed E-state index contributed by atoms with van der Waals surface area (Å²) in [5.41, 5.74) is 2.45. The summed E-state index contributed by atoms with van der Waals surface area (Å²) in [5, 5.41) is 10.5. The number of benzene rings is 1. The second kappa shape index (κ2) is 7.55. The topological polar surface area (TPSA) is 103 Å². The molecule has 1 amide bonds. The van der Waals surface area contributed by atoms with Gasteiger partial charge in [-0.2, -0.15) is 5.10 Å². The number of nitrogens with one attached hydrogen (secondary N) is 2. The van der Waals surface area contributed by atoms with E-state index in [0.717, 1.165) is 11.4 Å². The average molecular weight is 380 g/mol. The van der Waals surface area contributed by atoms with Crippen LogP contribution in [0.2, 0.25) is 0 Å². The van der Waals surface area contributed by atoms with Crippen LogP contribution >= 0.6 is 0 Å². The van der Waals surface area contributed by atoms with Gasteiger partial charge in [0.25, 0.3) is 5.91 Å². The predicted molar refractivity (Wildman–Crippen MR) is 102 cm³/mol. The molecule has 9 nitrogen and oxygen atoms in total. The molecule has 0 unspecified atom stereocenters. The minimum absolute atomic E-state index is 0.175. The molecule has 144 valence electrons. The predicted octanol–water partition coefficient (Wildman–Crippen LogP) is 1.85. The van der Waals surface area contributed by atoms with E-state index in [1.165, 1.54) is 6.33 Å². The highest BCUT2D eigenvalue weighted by Crippen LogP contribution is 2.32. The molecule has 1 aromatic carbocycles. The van der Waals surface area contributed by atoms with Crippen LogP contribution in [0.5, 0.6) is 11.5 Å². The molecule has 4 rings (SSSR count). The lowest BCUT2D eigenvalue weighted by Crippen LogP contribution is -2.28. The first-order valence-corrected chi connectivity index (χ1v) is 8.87. The molecule has 9 heteroatoms. The molecule has 2 aromatic heterocycles. The van der Waals surface area contributed by atoms with Gasteiger partial charge in [-0.05, 0) is 38.1 Å². The molecule has 0 atom stereocenters. The number of aryl methyl sites for hydroxylation is 2. The molecule has 2 N–H and O–H groups in total. The summed E-state index contributed by atoms with van der Waals surface area (Å²) in [6.45, 7) is 5.05. The van der Waals surface area contributed by atoms with Crippen molar-refractivity contribution in [3.8, 4) is 17.3 Å². The Morgan fingerprint density at radius 1 is 1.11 bits per heavy atom. The van der Waals surface area contributed by atoms with Gasteiger partial charge in [0.1, 0.15) is 12.1 Å². The molecule has 1 aliphatic rings. The zero-order valence-electron chi connectivity index (χ0n) is 15.6. The highest BCUT2D eigenvalue weighted by Gasteiger charge is 2.16. The van der Waals surface area contributed by atoms with Crippen molar-refractivity contribution in [2.24, 2.45) is 0 Å². The van der Waals surface area contributed by atoms with Crippen LogP contribution < -0.4 is 20.1 Å². The van der Waals surface area contributed by atoms with Crippen LogP contribution in [0.1, 0.15) is 21.7 Å². The number of rotatable bonds is 6. The highest BCUT2D eigenvalue weighted by atomic mass is 16.7. The Kier molecular flexibility index (Phi) is 4.79. The molecule has 1 aliphatic heterocycles. The number of carbonyl (C=O) groups is 1. The first-order valence-electron chi connectivity index (χ1n) is 8.87. The SMILES string of the molecule is Cc1cc(C)n(-c2cc(NCCNC(=O)c3ccc4c(c3)OCO4)ncn2)n1. The normalized spacial score (nSPS) is 12.1. The third-order valence-electron chi connectivity index (χ3n) is 4.23. The van der Waals surface area contributed by atoms with Crippen molar-refractivity contribution in [3.05, 3.63) is 53.6 Å². The second-order valence-electron chi connectivity index (χ2n) is 6.35. The summed E-state index contributed by atoms with van der Waals surface area (Å²) in [4.78, 5) is 20.7.